The third-order valence-electron chi connectivity index (χ3n) is 11.0. The molecule has 0 radical (unpaired) electrons. The molecule has 4 bridgehead atoms. The Morgan fingerprint density at radius 2 is 1.32 bits per heavy atom. The van der Waals surface area contributed by atoms with Crippen molar-refractivity contribution in [3.8, 4) is 5.75 Å². The summed E-state index contributed by atoms with van der Waals surface area (Å²) in [6.45, 7) is 10.4. The first-order valence-corrected chi connectivity index (χ1v) is 21.7. The number of thioether (sulfide) groups is 1. The standard InChI is InChI=1S/C44H60N4O10S/c1-41(2,3)57-39(54)47-34(21-28-13-15-31(16-14-28)56-40(55)58-42(4,5)6)36(50)48-44-24-29-19-30(25-44)23-43(22-29,26-44)38(53)46-33(20-27-11-9-8-10-12-27)35(49)45-32(37(51)52)17-18-59-7/h8-16,29-30,32-34H,17-26H2,1-7H3,(H,45,49)(H,46,53)(H,47,54)(H,48,50)(H,51,52)/t29-,30+,32-,33-,34-,43?,44?/m0/s1. The molecule has 0 aliphatic heterocycles. The Kier molecular flexibility index (Phi) is 14.3. The number of aliphatic carboxylic acids is 1. The second kappa shape index (κ2) is 18.6. The second-order valence-corrected chi connectivity index (χ2v) is 19.5. The summed E-state index contributed by atoms with van der Waals surface area (Å²) in [6.07, 6.45) is 4.59. The van der Waals surface area contributed by atoms with Crippen molar-refractivity contribution in [2.45, 2.75) is 134 Å². The van der Waals surface area contributed by atoms with Crippen molar-refractivity contribution in [3.05, 3.63) is 65.7 Å². The number of benzene rings is 2. The van der Waals surface area contributed by atoms with E-state index in [0.29, 0.717) is 43.4 Å². The topological polar surface area (TPSA) is 198 Å². The van der Waals surface area contributed by atoms with E-state index in [0.717, 1.165) is 12.0 Å². The summed E-state index contributed by atoms with van der Waals surface area (Å²) in [7, 11) is 0. The van der Waals surface area contributed by atoms with Crippen molar-refractivity contribution in [1.82, 2.24) is 21.3 Å². The molecule has 0 heterocycles. The SMILES string of the molecule is CSCC[C@H](NC(=O)[C@H](Cc1ccccc1)NC(=O)C12C[C@@H]3C[C@@H](CC(NC(=O)[C@H](Cc4ccc(OC(=O)OC(C)(C)C)cc4)NC(=O)OC(C)(C)C)(C3)C1)C2)C(=O)O. The molecule has 2 aromatic carbocycles. The summed E-state index contributed by atoms with van der Waals surface area (Å²) in [6, 6.07) is 12.7. The number of carbonyl (C=O) groups excluding carboxylic acids is 5. The van der Waals surface area contributed by atoms with E-state index in [1.807, 2.05) is 36.6 Å². The van der Waals surface area contributed by atoms with Crippen LogP contribution in [0.4, 0.5) is 9.59 Å². The predicted octanol–water partition coefficient (Wildman–Crippen LogP) is 5.94. The van der Waals surface area contributed by atoms with E-state index < -0.39 is 70.3 Å². The number of carbonyl (C=O) groups is 6. The number of carboxylic acid groups (broad SMARTS) is 1. The van der Waals surface area contributed by atoms with Crippen molar-refractivity contribution >= 4 is 47.7 Å². The van der Waals surface area contributed by atoms with Gasteiger partial charge in [-0.3, -0.25) is 14.4 Å². The maximum atomic E-state index is 14.6. The molecular weight excluding hydrogens is 777 g/mol. The lowest BCUT2D eigenvalue weighted by atomic mass is 9.46. The van der Waals surface area contributed by atoms with Crippen LogP contribution >= 0.6 is 11.8 Å². The zero-order chi connectivity index (χ0) is 43.2. The zero-order valence-corrected chi connectivity index (χ0v) is 36.0. The Hall–Kier alpha value is -4.79. The van der Waals surface area contributed by atoms with Gasteiger partial charge in [-0.05, 0) is 134 Å². The number of hydrogen-bond donors (Lipinski definition) is 5. The summed E-state index contributed by atoms with van der Waals surface area (Å²) in [5.41, 5.74) is -1.65. The van der Waals surface area contributed by atoms with Gasteiger partial charge in [0, 0.05) is 18.4 Å². The molecule has 4 amide bonds. The molecular formula is C44H60N4O10S. The van der Waals surface area contributed by atoms with E-state index in [9.17, 15) is 33.9 Å². The fourth-order valence-electron chi connectivity index (χ4n) is 9.11. The minimum atomic E-state index is -1.14. The molecule has 0 spiro atoms. The van der Waals surface area contributed by atoms with Gasteiger partial charge < -0.3 is 40.6 Å². The normalized spacial score (nSPS) is 23.5. The third-order valence-corrected chi connectivity index (χ3v) is 11.7. The zero-order valence-electron chi connectivity index (χ0n) is 35.2. The molecule has 5 N–H and O–H groups in total. The van der Waals surface area contributed by atoms with Gasteiger partial charge in [0.25, 0.3) is 0 Å². The first-order valence-electron chi connectivity index (χ1n) is 20.3. The van der Waals surface area contributed by atoms with E-state index in [4.69, 9.17) is 14.2 Å². The summed E-state index contributed by atoms with van der Waals surface area (Å²) >= 11 is 1.48. The van der Waals surface area contributed by atoms with Gasteiger partial charge >= 0.3 is 18.2 Å². The van der Waals surface area contributed by atoms with Gasteiger partial charge in [0.1, 0.15) is 35.1 Å². The van der Waals surface area contributed by atoms with Crippen molar-refractivity contribution in [3.63, 3.8) is 0 Å². The van der Waals surface area contributed by atoms with Crippen LogP contribution in [0.3, 0.4) is 0 Å². The Morgan fingerprint density at radius 3 is 1.88 bits per heavy atom. The average molecular weight is 837 g/mol. The van der Waals surface area contributed by atoms with E-state index in [1.54, 1.807) is 65.8 Å². The molecule has 2 aromatic rings. The van der Waals surface area contributed by atoms with E-state index in [2.05, 4.69) is 21.3 Å². The van der Waals surface area contributed by atoms with E-state index in [1.165, 1.54) is 11.8 Å². The van der Waals surface area contributed by atoms with Crippen LogP contribution in [0.1, 0.15) is 97.6 Å². The Balaban J connectivity index is 1.34. The number of amides is 4. The highest BCUT2D eigenvalue weighted by atomic mass is 32.2. The summed E-state index contributed by atoms with van der Waals surface area (Å²) in [5, 5.41) is 21.6. The summed E-state index contributed by atoms with van der Waals surface area (Å²) < 4.78 is 16.1. The molecule has 4 aliphatic rings. The Morgan fingerprint density at radius 1 is 0.746 bits per heavy atom. The van der Waals surface area contributed by atoms with Crippen LogP contribution in [0.15, 0.2) is 54.6 Å². The molecule has 0 aromatic heterocycles. The highest BCUT2D eigenvalue weighted by Crippen LogP contribution is 2.61. The number of hydrogen-bond acceptors (Lipinski definition) is 10. The fraction of sp³-hybridized carbons (Fsp3) is 0.591. The fourth-order valence-corrected chi connectivity index (χ4v) is 9.59. The van der Waals surface area contributed by atoms with Crippen molar-refractivity contribution in [2.24, 2.45) is 17.3 Å². The van der Waals surface area contributed by atoms with Gasteiger partial charge in [-0.2, -0.15) is 11.8 Å². The Bertz CT molecular complexity index is 1830. The minimum absolute atomic E-state index is 0.0942. The van der Waals surface area contributed by atoms with Crippen LogP contribution in [0, 0.1) is 17.3 Å². The van der Waals surface area contributed by atoms with Crippen LogP contribution in [0.2, 0.25) is 0 Å². The summed E-state index contributed by atoms with van der Waals surface area (Å²) in [5.74, 6) is -1.31. The van der Waals surface area contributed by atoms with Gasteiger partial charge in [0.05, 0.1) is 5.41 Å². The quantitative estimate of drug-likeness (QED) is 0.0991. The average Bonchev–Trinajstić information content (AvgIpc) is 3.11. The molecule has 4 saturated carbocycles. The molecule has 2 unspecified atom stereocenters. The maximum Gasteiger partial charge on any atom is 0.514 e. The minimum Gasteiger partial charge on any atom is -0.480 e. The van der Waals surface area contributed by atoms with Crippen LogP contribution in [-0.4, -0.2) is 87.9 Å². The molecule has 0 saturated heterocycles. The predicted molar refractivity (Wildman–Crippen MR) is 223 cm³/mol. The molecule has 4 fully saturated rings. The number of carboxylic acids is 1. The third kappa shape index (κ3) is 12.8. The van der Waals surface area contributed by atoms with Crippen LogP contribution in [0.5, 0.6) is 5.75 Å². The lowest BCUT2D eigenvalue weighted by Crippen LogP contribution is -2.68. The highest BCUT2D eigenvalue weighted by Gasteiger charge is 2.61. The van der Waals surface area contributed by atoms with Crippen LogP contribution in [0.25, 0.3) is 0 Å². The number of alkyl carbamates (subject to hydrolysis) is 1. The van der Waals surface area contributed by atoms with Crippen LogP contribution in [-0.2, 0) is 41.5 Å². The molecule has 59 heavy (non-hydrogen) atoms. The van der Waals surface area contributed by atoms with E-state index >= 15 is 0 Å². The highest BCUT2D eigenvalue weighted by molar-refractivity contribution is 7.98. The van der Waals surface area contributed by atoms with Crippen molar-refractivity contribution < 1.29 is 48.1 Å². The van der Waals surface area contributed by atoms with Gasteiger partial charge in [-0.1, -0.05) is 42.5 Å². The molecule has 15 heteroatoms. The number of nitrogens with one attached hydrogen (secondary N) is 4. The lowest BCUT2D eigenvalue weighted by molar-refractivity contribution is -0.155. The maximum absolute atomic E-state index is 14.6. The number of ether oxygens (including phenoxy) is 3. The molecule has 322 valence electrons. The van der Waals surface area contributed by atoms with Gasteiger partial charge in [0.2, 0.25) is 17.7 Å². The first-order chi connectivity index (χ1) is 27.7. The van der Waals surface area contributed by atoms with Gasteiger partial charge in [-0.15, -0.1) is 0 Å². The smallest absolute Gasteiger partial charge is 0.480 e. The lowest BCUT2D eigenvalue weighted by Gasteiger charge is -2.61. The van der Waals surface area contributed by atoms with Crippen molar-refractivity contribution in [2.75, 3.05) is 12.0 Å². The molecule has 4 aliphatic carbocycles. The van der Waals surface area contributed by atoms with E-state index in [-0.39, 0.29) is 42.8 Å². The first kappa shape index (κ1) is 45.3. The Labute approximate surface area is 351 Å². The van der Waals surface area contributed by atoms with Gasteiger partial charge in [-0.25, -0.2) is 14.4 Å². The second-order valence-electron chi connectivity index (χ2n) is 18.5. The molecule has 7 atom stereocenters. The van der Waals surface area contributed by atoms with Gasteiger partial charge in [0.15, 0.2) is 0 Å². The monoisotopic (exact) mass is 836 g/mol. The number of rotatable bonds is 16. The molecule has 6 rings (SSSR count). The molecule has 14 nitrogen and oxygen atoms in total. The largest absolute Gasteiger partial charge is 0.514 e. The van der Waals surface area contributed by atoms with Crippen LogP contribution < -0.4 is 26.0 Å². The summed E-state index contributed by atoms with van der Waals surface area (Å²) in [4.78, 5) is 80.1. The van der Waals surface area contributed by atoms with Crippen molar-refractivity contribution in [1.29, 1.82) is 0 Å².